The SMILES string of the molecule is CCC([NH3+])(CC)c1cccc(OC(C)=O)c1. The molecule has 0 amide bonds. The highest BCUT2D eigenvalue weighted by Gasteiger charge is 2.27. The van der Waals surface area contributed by atoms with Crippen LogP contribution < -0.4 is 10.5 Å². The molecule has 0 aliphatic heterocycles. The van der Waals surface area contributed by atoms with Gasteiger partial charge >= 0.3 is 5.97 Å². The van der Waals surface area contributed by atoms with E-state index in [0.717, 1.165) is 18.4 Å². The van der Waals surface area contributed by atoms with Crippen molar-refractivity contribution in [3.63, 3.8) is 0 Å². The minimum absolute atomic E-state index is 0.0871. The minimum Gasteiger partial charge on any atom is -0.427 e. The van der Waals surface area contributed by atoms with Crippen molar-refractivity contribution in [3.8, 4) is 5.75 Å². The Morgan fingerprint density at radius 1 is 1.38 bits per heavy atom. The van der Waals surface area contributed by atoms with Crippen LogP contribution in [0.25, 0.3) is 0 Å². The number of ether oxygens (including phenoxy) is 1. The largest absolute Gasteiger partial charge is 0.427 e. The highest BCUT2D eigenvalue weighted by atomic mass is 16.5. The third-order valence-corrected chi connectivity index (χ3v) is 3.06. The second kappa shape index (κ2) is 5.12. The van der Waals surface area contributed by atoms with Crippen molar-refractivity contribution in [2.45, 2.75) is 39.2 Å². The number of quaternary nitrogens is 1. The fourth-order valence-corrected chi connectivity index (χ4v) is 1.71. The molecule has 0 aliphatic rings. The first-order valence-electron chi connectivity index (χ1n) is 5.66. The van der Waals surface area contributed by atoms with Crippen LogP contribution in [0.3, 0.4) is 0 Å². The molecule has 0 heterocycles. The maximum Gasteiger partial charge on any atom is 0.308 e. The van der Waals surface area contributed by atoms with Crippen molar-refractivity contribution >= 4 is 5.97 Å². The summed E-state index contributed by atoms with van der Waals surface area (Å²) in [7, 11) is 0. The maximum absolute atomic E-state index is 10.9. The first-order valence-corrected chi connectivity index (χ1v) is 5.66. The molecule has 0 aromatic heterocycles. The number of rotatable bonds is 4. The molecule has 0 spiro atoms. The lowest BCUT2D eigenvalue weighted by Crippen LogP contribution is -2.69. The quantitative estimate of drug-likeness (QED) is 0.624. The van der Waals surface area contributed by atoms with Crippen molar-refractivity contribution < 1.29 is 15.3 Å². The van der Waals surface area contributed by atoms with Gasteiger partial charge in [0.1, 0.15) is 11.3 Å². The van der Waals surface area contributed by atoms with Gasteiger partial charge in [0.25, 0.3) is 0 Å². The van der Waals surface area contributed by atoms with Crippen LogP contribution in [0, 0.1) is 0 Å². The Morgan fingerprint density at radius 2 is 2.00 bits per heavy atom. The molecule has 0 fully saturated rings. The van der Waals surface area contributed by atoms with Crippen LogP contribution >= 0.6 is 0 Å². The third kappa shape index (κ3) is 2.83. The van der Waals surface area contributed by atoms with Gasteiger partial charge in [-0.1, -0.05) is 26.0 Å². The van der Waals surface area contributed by atoms with Gasteiger partial charge in [-0.3, -0.25) is 4.79 Å². The minimum atomic E-state index is -0.292. The number of carbonyl (C=O) groups excluding carboxylic acids is 1. The number of carbonyl (C=O) groups is 1. The lowest BCUT2D eigenvalue weighted by atomic mass is 9.86. The zero-order chi connectivity index (χ0) is 12.2. The van der Waals surface area contributed by atoms with Gasteiger partial charge in [0.05, 0.1) is 0 Å². The highest BCUT2D eigenvalue weighted by molar-refractivity contribution is 5.69. The summed E-state index contributed by atoms with van der Waals surface area (Å²) in [5.74, 6) is 0.305. The zero-order valence-electron chi connectivity index (χ0n) is 10.2. The summed E-state index contributed by atoms with van der Waals surface area (Å²) in [5.41, 5.74) is 5.29. The fourth-order valence-electron chi connectivity index (χ4n) is 1.71. The van der Waals surface area contributed by atoms with Crippen LogP contribution in [0.4, 0.5) is 0 Å². The molecule has 3 N–H and O–H groups in total. The number of hydrogen-bond acceptors (Lipinski definition) is 2. The van der Waals surface area contributed by atoms with Gasteiger partial charge in [-0.2, -0.15) is 0 Å². The zero-order valence-corrected chi connectivity index (χ0v) is 10.2. The maximum atomic E-state index is 10.9. The van der Waals surface area contributed by atoms with Crippen molar-refractivity contribution in [3.05, 3.63) is 29.8 Å². The van der Waals surface area contributed by atoms with Crippen LogP contribution in [-0.2, 0) is 10.3 Å². The number of hydrogen-bond donors (Lipinski definition) is 1. The lowest BCUT2D eigenvalue weighted by molar-refractivity contribution is -0.490. The molecule has 0 saturated heterocycles. The number of esters is 1. The van der Waals surface area contributed by atoms with Crippen molar-refractivity contribution in [2.24, 2.45) is 0 Å². The lowest BCUT2D eigenvalue weighted by Gasteiger charge is -2.23. The van der Waals surface area contributed by atoms with E-state index in [1.807, 2.05) is 18.2 Å². The first kappa shape index (κ1) is 12.7. The van der Waals surface area contributed by atoms with Gasteiger partial charge in [-0.25, -0.2) is 0 Å². The van der Waals surface area contributed by atoms with Crippen molar-refractivity contribution in [1.82, 2.24) is 0 Å². The first-order chi connectivity index (χ1) is 7.51. The van der Waals surface area contributed by atoms with E-state index in [0.29, 0.717) is 5.75 Å². The van der Waals surface area contributed by atoms with E-state index in [4.69, 9.17) is 4.74 Å². The second-order valence-corrected chi connectivity index (χ2v) is 4.11. The molecule has 0 aliphatic carbocycles. The molecule has 88 valence electrons. The predicted molar refractivity (Wildman–Crippen MR) is 62.9 cm³/mol. The van der Waals surface area contributed by atoms with E-state index in [1.165, 1.54) is 6.92 Å². The van der Waals surface area contributed by atoms with Gasteiger partial charge in [-0.15, -0.1) is 0 Å². The summed E-state index contributed by atoms with van der Waals surface area (Å²) < 4.78 is 5.07. The average molecular weight is 222 g/mol. The monoisotopic (exact) mass is 222 g/mol. The number of benzene rings is 1. The smallest absolute Gasteiger partial charge is 0.308 e. The summed E-state index contributed by atoms with van der Waals surface area (Å²) >= 11 is 0. The van der Waals surface area contributed by atoms with Gasteiger partial charge in [0.15, 0.2) is 0 Å². The molecule has 1 rings (SSSR count). The molecular formula is C13H20NO2+. The van der Waals surface area contributed by atoms with Crippen LogP contribution in [0.2, 0.25) is 0 Å². The fraction of sp³-hybridized carbons (Fsp3) is 0.462. The van der Waals surface area contributed by atoms with Crippen LogP contribution in [-0.4, -0.2) is 5.97 Å². The van der Waals surface area contributed by atoms with E-state index in [-0.39, 0.29) is 11.5 Å². The standard InChI is InChI=1S/C13H19NO2/c1-4-13(14,5-2)11-7-6-8-12(9-11)16-10(3)15/h6-9H,4-5,14H2,1-3H3/p+1. The third-order valence-electron chi connectivity index (χ3n) is 3.06. The van der Waals surface area contributed by atoms with Gasteiger partial charge in [0, 0.05) is 25.3 Å². The Balaban J connectivity index is 3.01. The van der Waals surface area contributed by atoms with Gasteiger partial charge in [-0.05, 0) is 12.1 Å². The Kier molecular flexibility index (Phi) is 4.07. The van der Waals surface area contributed by atoms with E-state index < -0.39 is 0 Å². The normalized spacial score (nSPS) is 11.2. The molecule has 3 heteroatoms. The summed E-state index contributed by atoms with van der Waals surface area (Å²) in [4.78, 5) is 10.9. The molecule has 1 aromatic carbocycles. The molecule has 0 radical (unpaired) electrons. The predicted octanol–water partition coefficient (Wildman–Crippen LogP) is 1.87. The van der Waals surface area contributed by atoms with Crippen LogP contribution in [0.5, 0.6) is 5.75 Å². The van der Waals surface area contributed by atoms with Gasteiger partial charge in [0.2, 0.25) is 0 Å². The van der Waals surface area contributed by atoms with Crippen molar-refractivity contribution in [2.75, 3.05) is 0 Å². The summed E-state index contributed by atoms with van der Waals surface area (Å²) in [6.07, 6.45) is 1.93. The Morgan fingerprint density at radius 3 is 2.50 bits per heavy atom. The van der Waals surface area contributed by atoms with E-state index >= 15 is 0 Å². The molecule has 0 saturated carbocycles. The van der Waals surface area contributed by atoms with Crippen molar-refractivity contribution in [1.29, 1.82) is 0 Å². The molecule has 3 nitrogen and oxygen atoms in total. The van der Waals surface area contributed by atoms with E-state index in [9.17, 15) is 4.79 Å². The van der Waals surface area contributed by atoms with E-state index in [2.05, 4.69) is 19.6 Å². The summed E-state index contributed by atoms with van der Waals surface area (Å²) in [6.45, 7) is 5.65. The molecule has 0 atom stereocenters. The summed E-state index contributed by atoms with van der Waals surface area (Å²) in [6, 6.07) is 7.63. The van der Waals surface area contributed by atoms with Crippen LogP contribution in [0.15, 0.2) is 24.3 Å². The Hall–Kier alpha value is -1.35. The van der Waals surface area contributed by atoms with E-state index in [1.54, 1.807) is 6.07 Å². The second-order valence-electron chi connectivity index (χ2n) is 4.11. The Bertz CT molecular complexity index is 370. The molecule has 0 unspecified atom stereocenters. The molecule has 1 aromatic rings. The Labute approximate surface area is 96.6 Å². The summed E-state index contributed by atoms with van der Waals surface area (Å²) in [5, 5.41) is 0. The average Bonchev–Trinajstić information content (AvgIpc) is 2.27. The molecule has 16 heavy (non-hydrogen) atoms. The molecular weight excluding hydrogens is 202 g/mol. The molecule has 0 bridgehead atoms. The van der Waals surface area contributed by atoms with Crippen LogP contribution in [0.1, 0.15) is 39.2 Å². The highest BCUT2D eigenvalue weighted by Crippen LogP contribution is 2.26. The van der Waals surface area contributed by atoms with Gasteiger partial charge < -0.3 is 10.5 Å². The topological polar surface area (TPSA) is 53.9 Å².